The molecule has 0 heterocycles. The van der Waals surface area contributed by atoms with Gasteiger partial charge in [0.1, 0.15) is 5.82 Å². The van der Waals surface area contributed by atoms with Crippen LogP contribution in [0.4, 0.5) is 10.1 Å². The summed E-state index contributed by atoms with van der Waals surface area (Å²) in [7, 11) is 0. The maximum Gasteiger partial charge on any atom is 0.146 e. The smallest absolute Gasteiger partial charge is 0.146 e. The molecule has 2 aromatic carbocycles. The maximum atomic E-state index is 14.2. The van der Waals surface area contributed by atoms with Gasteiger partial charge in [-0.2, -0.15) is 0 Å². The first-order valence-corrected chi connectivity index (χ1v) is 8.02. The Hall–Kier alpha value is -1.87. The zero-order chi connectivity index (χ0) is 15.8. The number of anilines is 1. The molecule has 0 aromatic heterocycles. The summed E-state index contributed by atoms with van der Waals surface area (Å²) in [6.45, 7) is 7.46. The van der Waals surface area contributed by atoms with E-state index in [1.807, 2.05) is 30.3 Å². The maximum absolute atomic E-state index is 14.2. The molecule has 22 heavy (non-hydrogen) atoms. The topological polar surface area (TPSA) is 15.3 Å². The van der Waals surface area contributed by atoms with Gasteiger partial charge in [-0.3, -0.25) is 0 Å². The predicted octanol–water partition coefficient (Wildman–Crippen LogP) is 4.35. The highest BCUT2D eigenvalue weighted by molar-refractivity contribution is 5.50. The van der Waals surface area contributed by atoms with Crippen molar-refractivity contribution in [3.8, 4) is 0 Å². The van der Waals surface area contributed by atoms with Crippen LogP contribution in [0.3, 0.4) is 0 Å². The molecule has 0 spiro atoms. The molecule has 2 nitrogen and oxygen atoms in total. The van der Waals surface area contributed by atoms with E-state index >= 15 is 0 Å². The molecule has 0 aliphatic rings. The lowest BCUT2D eigenvalue weighted by Crippen LogP contribution is -2.23. The minimum atomic E-state index is -0.156. The van der Waals surface area contributed by atoms with Gasteiger partial charge >= 0.3 is 0 Å². The third kappa shape index (κ3) is 4.57. The molecule has 0 unspecified atom stereocenters. The van der Waals surface area contributed by atoms with E-state index < -0.39 is 0 Å². The standard InChI is InChI=1S/C19H25FN2/c1-3-12-21-14-17-10-11-18(20)19(13-17)22(4-2)15-16-8-6-5-7-9-16/h5-11,13,21H,3-4,12,14-15H2,1-2H3. The number of halogens is 1. The van der Waals surface area contributed by atoms with Crippen LogP contribution in [0.2, 0.25) is 0 Å². The summed E-state index contributed by atoms with van der Waals surface area (Å²) in [5.74, 6) is -0.156. The molecule has 3 heteroatoms. The van der Waals surface area contributed by atoms with Crippen LogP contribution in [-0.2, 0) is 13.1 Å². The van der Waals surface area contributed by atoms with Crippen LogP contribution in [0.5, 0.6) is 0 Å². The summed E-state index contributed by atoms with van der Waals surface area (Å²) in [6.07, 6.45) is 1.10. The summed E-state index contributed by atoms with van der Waals surface area (Å²) in [5.41, 5.74) is 3.00. The predicted molar refractivity (Wildman–Crippen MR) is 91.6 cm³/mol. The van der Waals surface area contributed by atoms with Gasteiger partial charge in [0.05, 0.1) is 5.69 Å². The van der Waals surface area contributed by atoms with Gasteiger partial charge in [-0.05, 0) is 43.1 Å². The molecule has 118 valence electrons. The molecule has 0 radical (unpaired) electrons. The summed E-state index contributed by atoms with van der Waals surface area (Å²) < 4.78 is 14.2. The molecule has 0 atom stereocenters. The highest BCUT2D eigenvalue weighted by Crippen LogP contribution is 2.23. The Morgan fingerprint density at radius 2 is 1.77 bits per heavy atom. The van der Waals surface area contributed by atoms with Gasteiger partial charge in [0, 0.05) is 19.6 Å². The molecular weight excluding hydrogens is 275 g/mol. The van der Waals surface area contributed by atoms with Crippen molar-refractivity contribution in [1.29, 1.82) is 0 Å². The van der Waals surface area contributed by atoms with Crippen molar-refractivity contribution in [2.75, 3.05) is 18.0 Å². The Morgan fingerprint density at radius 3 is 2.45 bits per heavy atom. The zero-order valence-corrected chi connectivity index (χ0v) is 13.5. The van der Waals surface area contributed by atoms with E-state index in [0.717, 1.165) is 38.2 Å². The molecule has 1 N–H and O–H groups in total. The Morgan fingerprint density at radius 1 is 1.00 bits per heavy atom. The Labute approximate surface area is 133 Å². The number of hydrogen-bond acceptors (Lipinski definition) is 2. The molecule has 0 aliphatic heterocycles. The number of hydrogen-bond donors (Lipinski definition) is 1. The first kappa shape index (κ1) is 16.5. The molecule has 2 rings (SSSR count). The fourth-order valence-electron chi connectivity index (χ4n) is 2.49. The second kappa shape index (κ2) is 8.54. The van der Waals surface area contributed by atoms with Gasteiger partial charge < -0.3 is 10.2 Å². The zero-order valence-electron chi connectivity index (χ0n) is 13.5. The average Bonchev–Trinajstić information content (AvgIpc) is 2.55. The fourth-order valence-corrected chi connectivity index (χ4v) is 2.49. The molecule has 0 bridgehead atoms. The van der Waals surface area contributed by atoms with Gasteiger partial charge in [-0.25, -0.2) is 4.39 Å². The van der Waals surface area contributed by atoms with Gasteiger partial charge in [-0.1, -0.05) is 43.3 Å². The lowest BCUT2D eigenvalue weighted by atomic mass is 10.1. The summed E-state index contributed by atoms with van der Waals surface area (Å²) >= 11 is 0. The summed E-state index contributed by atoms with van der Waals surface area (Å²) in [5, 5.41) is 3.36. The minimum Gasteiger partial charge on any atom is -0.365 e. The molecule has 2 aromatic rings. The lowest BCUT2D eigenvalue weighted by Gasteiger charge is -2.24. The normalized spacial score (nSPS) is 10.7. The van der Waals surface area contributed by atoms with E-state index in [-0.39, 0.29) is 5.82 Å². The van der Waals surface area contributed by atoms with E-state index in [0.29, 0.717) is 5.69 Å². The molecular formula is C19H25FN2. The van der Waals surface area contributed by atoms with Gasteiger partial charge in [0.2, 0.25) is 0 Å². The summed E-state index contributed by atoms with van der Waals surface area (Å²) in [6, 6.07) is 15.6. The van der Waals surface area contributed by atoms with E-state index in [9.17, 15) is 4.39 Å². The van der Waals surface area contributed by atoms with Crippen LogP contribution in [0, 0.1) is 5.82 Å². The first-order chi connectivity index (χ1) is 10.7. The Balaban J connectivity index is 2.15. The van der Waals surface area contributed by atoms with Crippen LogP contribution in [0.25, 0.3) is 0 Å². The van der Waals surface area contributed by atoms with E-state index in [1.54, 1.807) is 6.07 Å². The van der Waals surface area contributed by atoms with Crippen molar-refractivity contribution in [3.05, 3.63) is 65.5 Å². The first-order valence-electron chi connectivity index (χ1n) is 8.02. The van der Waals surface area contributed by atoms with Crippen LogP contribution in [0.1, 0.15) is 31.4 Å². The molecule has 0 amide bonds. The third-order valence-electron chi connectivity index (χ3n) is 3.71. The van der Waals surface area contributed by atoms with Gasteiger partial charge in [0.15, 0.2) is 0 Å². The second-order valence-corrected chi connectivity index (χ2v) is 5.46. The van der Waals surface area contributed by atoms with Crippen molar-refractivity contribution in [2.45, 2.75) is 33.4 Å². The number of nitrogens with one attached hydrogen (secondary N) is 1. The van der Waals surface area contributed by atoms with Gasteiger partial charge in [-0.15, -0.1) is 0 Å². The molecule has 0 saturated heterocycles. The van der Waals surface area contributed by atoms with Crippen LogP contribution in [0.15, 0.2) is 48.5 Å². The summed E-state index contributed by atoms with van der Waals surface area (Å²) in [4.78, 5) is 2.08. The van der Waals surface area contributed by atoms with Crippen molar-refractivity contribution >= 4 is 5.69 Å². The molecule has 0 aliphatic carbocycles. The highest BCUT2D eigenvalue weighted by Gasteiger charge is 2.11. The highest BCUT2D eigenvalue weighted by atomic mass is 19.1. The fraction of sp³-hybridized carbons (Fsp3) is 0.368. The van der Waals surface area contributed by atoms with Crippen LogP contribution in [-0.4, -0.2) is 13.1 Å². The molecule has 0 saturated carbocycles. The largest absolute Gasteiger partial charge is 0.365 e. The second-order valence-electron chi connectivity index (χ2n) is 5.46. The van der Waals surface area contributed by atoms with E-state index in [2.05, 4.69) is 36.2 Å². The number of nitrogens with zero attached hydrogens (tertiary/aromatic N) is 1. The van der Waals surface area contributed by atoms with Crippen LogP contribution < -0.4 is 10.2 Å². The third-order valence-corrected chi connectivity index (χ3v) is 3.71. The van der Waals surface area contributed by atoms with Crippen molar-refractivity contribution in [2.24, 2.45) is 0 Å². The van der Waals surface area contributed by atoms with E-state index in [4.69, 9.17) is 0 Å². The van der Waals surface area contributed by atoms with Crippen molar-refractivity contribution in [1.82, 2.24) is 5.32 Å². The lowest BCUT2D eigenvalue weighted by molar-refractivity contribution is 0.614. The van der Waals surface area contributed by atoms with Gasteiger partial charge in [0.25, 0.3) is 0 Å². The van der Waals surface area contributed by atoms with E-state index in [1.165, 1.54) is 5.56 Å². The quantitative estimate of drug-likeness (QED) is 0.729. The SMILES string of the molecule is CCCNCc1ccc(F)c(N(CC)Cc2ccccc2)c1. The average molecular weight is 300 g/mol. The van der Waals surface area contributed by atoms with Crippen molar-refractivity contribution in [3.63, 3.8) is 0 Å². The molecule has 0 fully saturated rings. The monoisotopic (exact) mass is 300 g/mol. The number of rotatable bonds is 8. The minimum absolute atomic E-state index is 0.156. The number of benzene rings is 2. The van der Waals surface area contributed by atoms with Crippen molar-refractivity contribution < 1.29 is 4.39 Å². The van der Waals surface area contributed by atoms with Crippen LogP contribution >= 0.6 is 0 Å². The Kier molecular flexibility index (Phi) is 6.41. The Bertz CT molecular complexity index is 569.